The number of carboxylic acids is 1. The molecule has 8 N–H and O–H groups in total. The number of amides is 3. The number of rotatable bonds is 12. The monoisotopic (exact) mass is 466 g/mol. The summed E-state index contributed by atoms with van der Waals surface area (Å²) in [6.45, 7) is 6.33. The fraction of sp³-hybridized carbons (Fsp3) is 0.545. The van der Waals surface area contributed by atoms with Crippen molar-refractivity contribution in [3.05, 3.63) is 29.8 Å². The number of aliphatic carboxylic acids is 1. The minimum Gasteiger partial charge on any atom is -0.508 e. The van der Waals surface area contributed by atoms with Gasteiger partial charge in [-0.25, -0.2) is 4.79 Å². The largest absolute Gasteiger partial charge is 0.508 e. The molecule has 184 valence electrons. The predicted molar refractivity (Wildman–Crippen MR) is 120 cm³/mol. The van der Waals surface area contributed by atoms with Crippen molar-refractivity contribution in [2.24, 2.45) is 11.7 Å². The molecule has 0 aliphatic rings. The average molecular weight is 467 g/mol. The number of benzene rings is 1. The maximum Gasteiger partial charge on any atom is 0.326 e. The van der Waals surface area contributed by atoms with Gasteiger partial charge in [0.05, 0.1) is 12.1 Å². The molecule has 5 unspecified atom stereocenters. The van der Waals surface area contributed by atoms with E-state index in [1.54, 1.807) is 12.1 Å². The number of aliphatic hydroxyl groups excluding tert-OH is 1. The fourth-order valence-corrected chi connectivity index (χ4v) is 2.99. The van der Waals surface area contributed by atoms with Gasteiger partial charge >= 0.3 is 5.97 Å². The zero-order chi connectivity index (χ0) is 25.3. The molecule has 1 aromatic rings. The van der Waals surface area contributed by atoms with Crippen LogP contribution in [0.5, 0.6) is 5.75 Å². The molecule has 0 fully saturated rings. The molecular formula is C22H34N4O7. The third-order valence-corrected chi connectivity index (χ3v) is 4.81. The minimum absolute atomic E-state index is 0.00961. The molecule has 0 aliphatic carbocycles. The summed E-state index contributed by atoms with van der Waals surface area (Å²) in [6, 6.07) is 1.22. The standard InChI is InChI=1S/C22H34N4O7/c1-11(2)9-17(22(32)33)25-20(30)16(10-14-5-7-15(28)8-6-14)24-21(31)18(13(4)27)26-19(29)12(3)23/h5-8,11-13,16-18,27-28H,9-10,23H2,1-4H3,(H,24,31)(H,25,30)(H,26,29)(H,32,33). The maximum absolute atomic E-state index is 13.0. The van der Waals surface area contributed by atoms with Crippen LogP contribution in [0.15, 0.2) is 24.3 Å². The number of phenolic OH excluding ortho intramolecular Hbond substituents is 1. The second kappa shape index (κ2) is 12.8. The molecule has 33 heavy (non-hydrogen) atoms. The number of carboxylic acid groups (broad SMARTS) is 1. The Kier molecular flexibility index (Phi) is 10.8. The summed E-state index contributed by atoms with van der Waals surface area (Å²) in [5.74, 6) is -3.46. The van der Waals surface area contributed by atoms with Crippen LogP contribution in [-0.4, -0.2) is 69.3 Å². The van der Waals surface area contributed by atoms with E-state index in [9.17, 15) is 34.5 Å². The zero-order valence-electron chi connectivity index (χ0n) is 19.2. The first-order chi connectivity index (χ1) is 15.3. The fourth-order valence-electron chi connectivity index (χ4n) is 2.99. The number of aliphatic hydroxyl groups is 1. The molecule has 0 radical (unpaired) electrons. The third-order valence-electron chi connectivity index (χ3n) is 4.81. The van der Waals surface area contributed by atoms with E-state index >= 15 is 0 Å². The van der Waals surface area contributed by atoms with E-state index in [0.717, 1.165) is 0 Å². The van der Waals surface area contributed by atoms with E-state index in [1.165, 1.54) is 26.0 Å². The number of nitrogens with two attached hydrogens (primary N) is 1. The van der Waals surface area contributed by atoms with Gasteiger partial charge in [0.15, 0.2) is 0 Å². The van der Waals surface area contributed by atoms with Crippen LogP contribution >= 0.6 is 0 Å². The van der Waals surface area contributed by atoms with E-state index in [-0.39, 0.29) is 24.5 Å². The number of aromatic hydroxyl groups is 1. The van der Waals surface area contributed by atoms with Crippen molar-refractivity contribution in [1.82, 2.24) is 16.0 Å². The van der Waals surface area contributed by atoms with Crippen LogP contribution in [0.1, 0.15) is 39.7 Å². The van der Waals surface area contributed by atoms with Gasteiger partial charge in [-0.1, -0.05) is 26.0 Å². The first kappa shape index (κ1) is 27.9. The molecule has 3 amide bonds. The van der Waals surface area contributed by atoms with Crippen LogP contribution in [0.2, 0.25) is 0 Å². The minimum atomic E-state index is -1.38. The lowest BCUT2D eigenvalue weighted by atomic mass is 10.0. The summed E-state index contributed by atoms with van der Waals surface area (Å²) in [7, 11) is 0. The molecule has 0 aromatic heterocycles. The highest BCUT2D eigenvalue weighted by Crippen LogP contribution is 2.13. The van der Waals surface area contributed by atoms with E-state index in [0.29, 0.717) is 5.56 Å². The van der Waals surface area contributed by atoms with Gasteiger partial charge in [-0.15, -0.1) is 0 Å². The first-order valence-corrected chi connectivity index (χ1v) is 10.7. The SMILES string of the molecule is CC(C)CC(NC(=O)C(Cc1ccc(O)cc1)NC(=O)C(NC(=O)C(C)N)C(C)O)C(=O)O. The summed E-state index contributed by atoms with van der Waals surface area (Å²) >= 11 is 0. The predicted octanol–water partition coefficient (Wildman–Crippen LogP) is -0.752. The Hall–Kier alpha value is -3.18. The molecule has 1 aromatic carbocycles. The van der Waals surface area contributed by atoms with Gasteiger partial charge in [0.25, 0.3) is 0 Å². The van der Waals surface area contributed by atoms with Crippen LogP contribution in [0.25, 0.3) is 0 Å². The number of nitrogens with one attached hydrogen (secondary N) is 3. The van der Waals surface area contributed by atoms with Crippen LogP contribution < -0.4 is 21.7 Å². The topological polar surface area (TPSA) is 191 Å². The second-order valence-corrected chi connectivity index (χ2v) is 8.48. The molecule has 11 nitrogen and oxygen atoms in total. The second-order valence-electron chi connectivity index (χ2n) is 8.48. The molecule has 0 saturated heterocycles. The Morgan fingerprint density at radius 3 is 1.88 bits per heavy atom. The molecule has 11 heteroatoms. The van der Waals surface area contributed by atoms with Crippen molar-refractivity contribution in [3.8, 4) is 5.75 Å². The van der Waals surface area contributed by atoms with E-state index in [4.69, 9.17) is 5.73 Å². The number of carbonyl (C=O) groups excluding carboxylic acids is 3. The Labute approximate surface area is 192 Å². The lowest BCUT2D eigenvalue weighted by Crippen LogP contribution is -2.60. The summed E-state index contributed by atoms with van der Waals surface area (Å²) in [6.07, 6.45) is -1.14. The van der Waals surface area contributed by atoms with E-state index in [1.807, 2.05) is 13.8 Å². The van der Waals surface area contributed by atoms with Crippen molar-refractivity contribution in [2.75, 3.05) is 0 Å². The lowest BCUT2D eigenvalue weighted by Gasteiger charge is -2.26. The Morgan fingerprint density at radius 1 is 0.879 bits per heavy atom. The van der Waals surface area contributed by atoms with Gasteiger partial charge in [0, 0.05) is 6.42 Å². The van der Waals surface area contributed by atoms with E-state index < -0.39 is 54.0 Å². The summed E-state index contributed by atoms with van der Waals surface area (Å²) in [5, 5.41) is 36.2. The average Bonchev–Trinajstić information content (AvgIpc) is 2.71. The quantitative estimate of drug-likeness (QED) is 0.209. The van der Waals surface area contributed by atoms with Gasteiger partial charge in [-0.3, -0.25) is 14.4 Å². The normalized spacial score (nSPS) is 15.6. The molecule has 0 heterocycles. The molecule has 1 rings (SSSR count). The Bertz CT molecular complexity index is 825. The molecule has 0 aliphatic heterocycles. The third kappa shape index (κ3) is 9.46. The summed E-state index contributed by atoms with van der Waals surface area (Å²) in [5.41, 5.74) is 6.09. The highest BCUT2D eigenvalue weighted by Gasteiger charge is 2.32. The van der Waals surface area contributed by atoms with E-state index in [2.05, 4.69) is 16.0 Å². The van der Waals surface area contributed by atoms with Gasteiger partial charge < -0.3 is 37.0 Å². The maximum atomic E-state index is 13.0. The summed E-state index contributed by atoms with van der Waals surface area (Å²) in [4.78, 5) is 49.3. The smallest absolute Gasteiger partial charge is 0.326 e. The highest BCUT2D eigenvalue weighted by molar-refractivity contribution is 5.94. The number of phenols is 1. The molecular weight excluding hydrogens is 432 g/mol. The van der Waals surface area contributed by atoms with Crippen molar-refractivity contribution in [3.63, 3.8) is 0 Å². The first-order valence-electron chi connectivity index (χ1n) is 10.7. The van der Waals surface area contributed by atoms with Crippen LogP contribution in [-0.2, 0) is 25.6 Å². The summed E-state index contributed by atoms with van der Waals surface area (Å²) < 4.78 is 0. The van der Waals surface area contributed by atoms with Crippen LogP contribution in [0.3, 0.4) is 0 Å². The van der Waals surface area contributed by atoms with Gasteiger partial charge in [0.1, 0.15) is 23.9 Å². The number of hydrogen-bond acceptors (Lipinski definition) is 7. The van der Waals surface area contributed by atoms with Crippen molar-refractivity contribution in [1.29, 1.82) is 0 Å². The van der Waals surface area contributed by atoms with Gasteiger partial charge in [-0.05, 0) is 43.9 Å². The Balaban J connectivity index is 3.13. The van der Waals surface area contributed by atoms with Crippen LogP contribution in [0, 0.1) is 5.92 Å². The highest BCUT2D eigenvalue weighted by atomic mass is 16.4. The van der Waals surface area contributed by atoms with Crippen molar-refractivity contribution in [2.45, 2.75) is 70.8 Å². The zero-order valence-corrected chi connectivity index (χ0v) is 19.2. The molecule has 0 saturated carbocycles. The molecule has 0 bridgehead atoms. The van der Waals surface area contributed by atoms with Crippen LogP contribution in [0.4, 0.5) is 0 Å². The number of hydrogen-bond donors (Lipinski definition) is 7. The van der Waals surface area contributed by atoms with Crippen molar-refractivity contribution >= 4 is 23.7 Å². The lowest BCUT2D eigenvalue weighted by molar-refractivity contribution is -0.143. The molecule has 0 spiro atoms. The Morgan fingerprint density at radius 2 is 1.42 bits per heavy atom. The van der Waals surface area contributed by atoms with Gasteiger partial charge in [0.2, 0.25) is 17.7 Å². The van der Waals surface area contributed by atoms with Gasteiger partial charge in [-0.2, -0.15) is 0 Å². The molecule has 5 atom stereocenters. The van der Waals surface area contributed by atoms with Crippen molar-refractivity contribution < 1.29 is 34.5 Å². The number of carbonyl (C=O) groups is 4.